The van der Waals surface area contributed by atoms with Crippen molar-refractivity contribution in [3.63, 3.8) is 0 Å². The molecule has 1 saturated heterocycles. The molecule has 3 aliphatic heterocycles. The molecule has 6 heterocycles. The maximum absolute atomic E-state index is 15.6. The third-order valence-electron chi connectivity index (χ3n) is 12.8. The number of nitrogens with one attached hydrogen (secondary N) is 3. The number of amides is 5. The number of halogens is 2. The van der Waals surface area contributed by atoms with Gasteiger partial charge in [0.25, 0.3) is 17.4 Å². The Morgan fingerprint density at radius 1 is 0.973 bits per heavy atom. The number of aromatic nitrogens is 3. The van der Waals surface area contributed by atoms with Crippen molar-refractivity contribution in [1.29, 1.82) is 0 Å². The summed E-state index contributed by atoms with van der Waals surface area (Å²) in [6.07, 6.45) is 8.46. The first-order valence-corrected chi connectivity index (χ1v) is 28.7. The minimum absolute atomic E-state index is 0.00202. The number of aryl methyl sites for hydroxylation is 1. The first-order chi connectivity index (χ1) is 34.4. The molecule has 1 fully saturated rings. The number of nitrogens with zero attached hydrogens (tertiary/aromatic N) is 5. The van der Waals surface area contributed by atoms with Gasteiger partial charge in [0.2, 0.25) is 11.8 Å². The lowest BCUT2D eigenvalue weighted by Gasteiger charge is -2.30. The minimum Gasteiger partial charge on any atom is -0.448 e. The summed E-state index contributed by atoms with van der Waals surface area (Å²) in [5.41, 5.74) is 3.02. The van der Waals surface area contributed by atoms with Crippen LogP contribution >= 0.6 is 10.8 Å². The van der Waals surface area contributed by atoms with Gasteiger partial charge in [0.05, 0.1) is 34.6 Å². The van der Waals surface area contributed by atoms with Crippen LogP contribution in [0.1, 0.15) is 96.2 Å². The van der Waals surface area contributed by atoms with Gasteiger partial charge < -0.3 is 29.4 Å². The Hall–Kier alpha value is -6.66. The number of piperidine rings is 1. The summed E-state index contributed by atoms with van der Waals surface area (Å²) in [7, 11) is -5.01. The SMILES string of the molecule is Cn1cc2c3c(c[nH]c3c1=O)CN(c1ncc(F)cc1F)c1cc(C(=O)NCCCCCCCN(C(=O)OCC(C)(C)SS(C)(=O)=O)c3cccc4c3CN(C3CCC(=O)NC3=O)C4=O)c(CS(C)(=O)=O)cc1-2. The third-order valence-corrected chi connectivity index (χ3v) is 16.7. The van der Waals surface area contributed by atoms with Crippen LogP contribution in [0.5, 0.6) is 0 Å². The van der Waals surface area contributed by atoms with Crippen LogP contribution in [0.15, 0.2) is 59.8 Å². The van der Waals surface area contributed by atoms with Crippen molar-refractivity contribution in [2.24, 2.45) is 7.05 Å². The van der Waals surface area contributed by atoms with Crippen LogP contribution in [-0.4, -0.2) is 109 Å². The molecule has 0 aliphatic carbocycles. The van der Waals surface area contributed by atoms with E-state index in [1.807, 2.05) is 0 Å². The van der Waals surface area contributed by atoms with Gasteiger partial charge in [-0.1, -0.05) is 25.3 Å². The summed E-state index contributed by atoms with van der Waals surface area (Å²) in [6, 6.07) is 7.71. The zero-order valence-electron chi connectivity index (χ0n) is 40.7. The van der Waals surface area contributed by atoms with Crippen molar-refractivity contribution in [1.82, 2.24) is 30.1 Å². The topological polar surface area (TPSA) is 247 Å². The molecule has 5 aromatic rings. The lowest BCUT2D eigenvalue weighted by Crippen LogP contribution is -2.52. The van der Waals surface area contributed by atoms with Crippen molar-refractivity contribution in [3.8, 4) is 11.1 Å². The predicted octanol–water partition coefficient (Wildman–Crippen LogP) is 5.96. The number of carbonyl (C=O) groups excluding carboxylic acids is 5. The van der Waals surface area contributed by atoms with Gasteiger partial charge in [0, 0.05) is 97.3 Å². The second kappa shape index (κ2) is 20.7. The van der Waals surface area contributed by atoms with E-state index in [1.54, 1.807) is 57.6 Å². The number of benzene rings is 2. The zero-order valence-corrected chi connectivity index (χ0v) is 43.1. The van der Waals surface area contributed by atoms with Crippen molar-refractivity contribution in [3.05, 3.63) is 105 Å². The number of sulfone groups is 1. The number of rotatable bonds is 18. The number of hydrogen-bond acceptors (Lipinski definition) is 14. The van der Waals surface area contributed by atoms with Crippen LogP contribution in [0.3, 0.4) is 0 Å². The normalized spacial score (nSPS) is 15.8. The average molecular weight is 1070 g/mol. The zero-order chi connectivity index (χ0) is 52.7. The highest BCUT2D eigenvalue weighted by molar-refractivity contribution is 8.72. The maximum atomic E-state index is 15.6. The van der Waals surface area contributed by atoms with E-state index < -0.39 is 76.6 Å². The fraction of sp³-hybridized carbons (Fsp3) is 0.408. The summed E-state index contributed by atoms with van der Waals surface area (Å²) in [5.74, 6) is -4.70. The number of ether oxygens (including phenoxy) is 1. The molecular weight excluding hydrogens is 1010 g/mol. The summed E-state index contributed by atoms with van der Waals surface area (Å²) in [6.45, 7) is 3.29. The summed E-state index contributed by atoms with van der Waals surface area (Å²) < 4.78 is 85.7. The number of carbonyl (C=O) groups is 5. The summed E-state index contributed by atoms with van der Waals surface area (Å²) in [5, 5.41) is 5.70. The first-order valence-electron chi connectivity index (χ1n) is 23.4. The van der Waals surface area contributed by atoms with E-state index in [1.165, 1.54) is 25.3 Å². The molecule has 3 N–H and O–H groups in total. The number of fused-ring (bicyclic) bond motifs is 3. The van der Waals surface area contributed by atoms with Gasteiger partial charge >= 0.3 is 6.09 Å². The smallest absolute Gasteiger partial charge is 0.414 e. The number of aromatic amines is 1. The Bertz CT molecular complexity index is 3380. The quantitative estimate of drug-likeness (QED) is 0.0521. The first kappa shape index (κ1) is 52.7. The van der Waals surface area contributed by atoms with Gasteiger partial charge in [-0.25, -0.2) is 35.4 Å². The van der Waals surface area contributed by atoms with E-state index in [-0.39, 0.29) is 79.3 Å². The second-order valence-corrected chi connectivity index (χ2v) is 26.3. The number of H-pyrrole nitrogens is 1. The highest BCUT2D eigenvalue weighted by Crippen LogP contribution is 2.45. The summed E-state index contributed by atoms with van der Waals surface area (Å²) >= 11 is 0. The standard InChI is InChI=1S/C49H54F2N8O11S3/c1-49(2,71-73(5,68)69)27-70-48(65)57(37-13-11-12-31-34(37)25-59(46(31)63)38-14-15-40(60)55-45(38)62)17-10-8-6-7-9-16-52-44(61)32-20-39-33(18-28(32)26-72(4,66)67)35-24-56(3)47(64)42-41(35)29(21-53-42)23-58(39)43-36(51)19-30(50)22-54-43/h11-13,18-22,24,38,53H,6-10,14-17,23,25-27H2,1-5H3,(H,52,61)(H,55,60,62). The molecule has 0 spiro atoms. The number of unbranched alkanes of at least 4 members (excludes halogenated alkanes) is 4. The van der Waals surface area contributed by atoms with Gasteiger partial charge in [0.15, 0.2) is 30.3 Å². The van der Waals surface area contributed by atoms with E-state index >= 15 is 4.39 Å². The largest absolute Gasteiger partial charge is 0.448 e. The number of hydrogen-bond donors (Lipinski definition) is 3. The van der Waals surface area contributed by atoms with Crippen LogP contribution in [-0.2, 0) is 58.9 Å². The molecule has 8 rings (SSSR count). The Morgan fingerprint density at radius 3 is 2.42 bits per heavy atom. The molecule has 0 saturated carbocycles. The van der Waals surface area contributed by atoms with E-state index in [9.17, 15) is 50.0 Å². The average Bonchev–Trinajstić information content (AvgIpc) is 3.84. The Balaban J connectivity index is 0.965. The second-order valence-electron chi connectivity index (χ2n) is 19.1. The van der Waals surface area contributed by atoms with Crippen LogP contribution in [0.4, 0.5) is 30.8 Å². The molecule has 0 bridgehead atoms. The molecule has 3 aromatic heterocycles. The monoisotopic (exact) mass is 1060 g/mol. The highest BCUT2D eigenvalue weighted by atomic mass is 33.1. The lowest BCUT2D eigenvalue weighted by atomic mass is 9.96. The number of pyridine rings is 2. The van der Waals surface area contributed by atoms with E-state index in [4.69, 9.17) is 4.74 Å². The highest BCUT2D eigenvalue weighted by Gasteiger charge is 2.41. The van der Waals surface area contributed by atoms with Crippen molar-refractivity contribution < 1.29 is 54.3 Å². The number of imide groups is 1. The molecule has 5 amide bonds. The fourth-order valence-corrected chi connectivity index (χ4v) is 13.9. The molecule has 3 aliphatic rings. The third kappa shape index (κ3) is 11.6. The maximum Gasteiger partial charge on any atom is 0.414 e. The molecule has 1 unspecified atom stereocenters. The molecule has 24 heteroatoms. The Labute approximate surface area is 423 Å². The van der Waals surface area contributed by atoms with Crippen LogP contribution in [0.2, 0.25) is 0 Å². The molecule has 73 heavy (non-hydrogen) atoms. The van der Waals surface area contributed by atoms with Gasteiger partial charge in [-0.15, -0.1) is 0 Å². The Morgan fingerprint density at radius 2 is 1.71 bits per heavy atom. The van der Waals surface area contributed by atoms with Crippen molar-refractivity contribution in [2.45, 2.75) is 88.4 Å². The van der Waals surface area contributed by atoms with Crippen molar-refractivity contribution >= 4 is 87.3 Å². The van der Waals surface area contributed by atoms with Gasteiger partial charge in [-0.05, 0) is 79.3 Å². The molecular formula is C49H54F2N8O11S3. The molecule has 2 aromatic carbocycles. The molecule has 19 nitrogen and oxygen atoms in total. The number of anilines is 3. The van der Waals surface area contributed by atoms with Crippen LogP contribution in [0, 0.1) is 11.6 Å². The van der Waals surface area contributed by atoms with Gasteiger partial charge in [0.1, 0.15) is 24.0 Å². The fourth-order valence-electron chi connectivity index (χ4n) is 9.60. The Kier molecular flexibility index (Phi) is 14.9. The molecule has 1 atom stereocenters. The van der Waals surface area contributed by atoms with E-state index in [2.05, 4.69) is 20.6 Å². The van der Waals surface area contributed by atoms with E-state index in [0.29, 0.717) is 87.9 Å². The van der Waals surface area contributed by atoms with E-state index in [0.717, 1.165) is 18.7 Å². The van der Waals surface area contributed by atoms with Gasteiger partial charge in [-0.3, -0.25) is 34.2 Å². The van der Waals surface area contributed by atoms with Gasteiger partial charge in [-0.2, -0.15) is 0 Å². The molecule has 0 radical (unpaired) electrons. The lowest BCUT2D eigenvalue weighted by molar-refractivity contribution is -0.136. The predicted molar refractivity (Wildman–Crippen MR) is 271 cm³/mol. The van der Waals surface area contributed by atoms with Crippen LogP contribution < -0.4 is 26.0 Å². The minimum atomic E-state index is -3.73. The summed E-state index contributed by atoms with van der Waals surface area (Å²) in [4.78, 5) is 90.9. The molecule has 388 valence electrons. The van der Waals surface area contributed by atoms with Crippen molar-refractivity contribution in [2.75, 3.05) is 42.0 Å². The van der Waals surface area contributed by atoms with Crippen LogP contribution in [0.25, 0.3) is 22.0 Å².